The van der Waals surface area contributed by atoms with Crippen molar-refractivity contribution >= 4 is 31.2 Å². The number of ether oxygens (including phenoxy) is 2. The summed E-state index contributed by atoms with van der Waals surface area (Å²) in [7, 11) is 0. The van der Waals surface area contributed by atoms with E-state index >= 15 is 0 Å². The van der Waals surface area contributed by atoms with Crippen LogP contribution in [0.15, 0.2) is 21.9 Å². The molecule has 1 aromatic rings. The Hall–Kier alpha value is -1.23. The number of unbranched alkanes of at least 4 members (excludes halogenated alkanes) is 1. The van der Waals surface area contributed by atoms with E-state index in [1.165, 1.54) is 16.8 Å². The molecule has 2 heterocycles. The Morgan fingerprint density at radius 3 is 2.89 bits per heavy atom. The van der Waals surface area contributed by atoms with Crippen LogP contribution in [-0.2, 0) is 14.3 Å². The number of thiol groups is 2. The zero-order valence-electron chi connectivity index (χ0n) is 15.0. The summed E-state index contributed by atoms with van der Waals surface area (Å²) in [5.74, 6) is 0.451. The van der Waals surface area contributed by atoms with Gasteiger partial charge in [0.25, 0.3) is 5.56 Å². The molecule has 0 saturated carbocycles. The second-order valence-electron chi connectivity index (χ2n) is 6.54. The predicted molar refractivity (Wildman–Crippen MR) is 107 cm³/mol. The van der Waals surface area contributed by atoms with Gasteiger partial charge in [0, 0.05) is 30.4 Å². The molecule has 2 N–H and O–H groups in total. The molecule has 152 valence electrons. The van der Waals surface area contributed by atoms with E-state index < -0.39 is 29.7 Å². The maximum absolute atomic E-state index is 11.8. The summed E-state index contributed by atoms with van der Waals surface area (Å²) < 4.78 is 12.0. The smallest absolute Gasteiger partial charge is 0.330 e. The van der Waals surface area contributed by atoms with Gasteiger partial charge in [0.1, 0.15) is 18.9 Å². The van der Waals surface area contributed by atoms with Crippen LogP contribution in [-0.4, -0.2) is 50.4 Å². The first-order valence-corrected chi connectivity index (χ1v) is 10.1. The molecule has 2 rings (SSSR count). The zero-order valence-corrected chi connectivity index (χ0v) is 16.7. The van der Waals surface area contributed by atoms with Crippen molar-refractivity contribution < 1.29 is 19.4 Å². The SMILES string of the molecule is O=C(CCCCC(S)CCS)OCC1OC(n2ccc(=O)[nH]c2=O)C[C@@H]1O. The number of H-pyrrole nitrogens is 1. The third kappa shape index (κ3) is 7.02. The fourth-order valence-electron chi connectivity index (χ4n) is 2.88. The second-order valence-corrected chi connectivity index (χ2v) is 7.72. The molecule has 1 saturated heterocycles. The van der Waals surface area contributed by atoms with Crippen LogP contribution in [0.4, 0.5) is 0 Å². The number of aliphatic hydroxyl groups excluding tert-OH is 1. The lowest BCUT2D eigenvalue weighted by Gasteiger charge is -2.16. The summed E-state index contributed by atoms with van der Waals surface area (Å²) in [5, 5.41) is 10.4. The number of aromatic nitrogens is 2. The standard InChI is InChI=1S/C17H26N2O6S2/c20-12-9-15(19-7-5-14(21)18-17(19)23)25-13(12)10-24-16(22)4-2-1-3-11(27)6-8-26/h5,7,11-13,15,20,26-27H,1-4,6,8-10H2,(H,18,21,23)/t11?,12-,13?,15?/m0/s1. The first-order chi connectivity index (χ1) is 12.9. The van der Waals surface area contributed by atoms with Crippen LogP contribution < -0.4 is 11.2 Å². The van der Waals surface area contributed by atoms with Gasteiger partial charge in [0.05, 0.1) is 6.10 Å². The minimum absolute atomic E-state index is 0.0799. The maximum atomic E-state index is 11.8. The number of esters is 1. The van der Waals surface area contributed by atoms with Gasteiger partial charge in [-0.1, -0.05) is 6.42 Å². The summed E-state index contributed by atoms with van der Waals surface area (Å²) in [6, 6.07) is 1.20. The van der Waals surface area contributed by atoms with Crippen molar-refractivity contribution in [1.29, 1.82) is 0 Å². The van der Waals surface area contributed by atoms with Crippen molar-refractivity contribution in [2.75, 3.05) is 12.4 Å². The lowest BCUT2D eigenvalue weighted by atomic mass is 10.1. The second kappa shape index (κ2) is 10.9. The fourth-order valence-corrected chi connectivity index (χ4v) is 3.71. The monoisotopic (exact) mass is 418 g/mol. The van der Waals surface area contributed by atoms with Gasteiger partial charge in [-0.25, -0.2) is 4.79 Å². The minimum atomic E-state index is -0.868. The molecule has 3 unspecified atom stereocenters. The molecule has 1 aliphatic heterocycles. The molecule has 4 atom stereocenters. The normalized spacial score (nSPS) is 23.3. The highest BCUT2D eigenvalue weighted by Crippen LogP contribution is 2.27. The molecule has 10 heteroatoms. The van der Waals surface area contributed by atoms with Crippen LogP contribution >= 0.6 is 25.3 Å². The van der Waals surface area contributed by atoms with Gasteiger partial charge in [-0.3, -0.25) is 19.1 Å². The molecule has 1 fully saturated rings. The molecule has 27 heavy (non-hydrogen) atoms. The van der Waals surface area contributed by atoms with E-state index in [4.69, 9.17) is 9.47 Å². The Morgan fingerprint density at radius 1 is 1.41 bits per heavy atom. The number of hydrogen-bond donors (Lipinski definition) is 4. The van der Waals surface area contributed by atoms with Crippen molar-refractivity contribution in [2.45, 2.75) is 62.2 Å². The summed E-state index contributed by atoms with van der Waals surface area (Å²) in [6.45, 7) is -0.0799. The Bertz CT molecular complexity index is 722. The largest absolute Gasteiger partial charge is 0.463 e. The topological polar surface area (TPSA) is 111 Å². The molecule has 0 spiro atoms. The van der Waals surface area contributed by atoms with Crippen molar-refractivity contribution in [3.05, 3.63) is 33.1 Å². The quantitative estimate of drug-likeness (QED) is 0.255. The summed E-state index contributed by atoms with van der Waals surface area (Å²) in [5.41, 5.74) is -1.12. The van der Waals surface area contributed by atoms with Crippen LogP contribution in [0.25, 0.3) is 0 Å². The minimum Gasteiger partial charge on any atom is -0.463 e. The maximum Gasteiger partial charge on any atom is 0.330 e. The number of carbonyl (C=O) groups excluding carboxylic acids is 1. The van der Waals surface area contributed by atoms with Crippen molar-refractivity contribution in [3.63, 3.8) is 0 Å². The van der Waals surface area contributed by atoms with E-state index in [0.717, 1.165) is 25.0 Å². The Morgan fingerprint density at radius 2 is 2.19 bits per heavy atom. The fraction of sp³-hybridized carbons (Fsp3) is 0.706. The first kappa shape index (κ1) is 22.1. The highest BCUT2D eigenvalue weighted by atomic mass is 32.1. The molecular weight excluding hydrogens is 392 g/mol. The van der Waals surface area contributed by atoms with Gasteiger partial charge in [-0.05, 0) is 25.0 Å². The van der Waals surface area contributed by atoms with Gasteiger partial charge in [0.15, 0.2) is 0 Å². The van der Waals surface area contributed by atoms with Crippen LogP contribution in [0, 0.1) is 0 Å². The van der Waals surface area contributed by atoms with E-state index in [2.05, 4.69) is 30.2 Å². The predicted octanol–water partition coefficient (Wildman–Crippen LogP) is 0.907. The molecule has 0 aromatic carbocycles. The van der Waals surface area contributed by atoms with Gasteiger partial charge in [-0.2, -0.15) is 25.3 Å². The summed E-state index contributed by atoms with van der Waals surface area (Å²) >= 11 is 8.61. The van der Waals surface area contributed by atoms with Crippen molar-refractivity contribution in [2.24, 2.45) is 0 Å². The summed E-state index contributed by atoms with van der Waals surface area (Å²) in [6.07, 6.45) is 2.95. The van der Waals surface area contributed by atoms with Crippen LogP contribution in [0.1, 0.15) is 44.8 Å². The number of aliphatic hydroxyl groups is 1. The van der Waals surface area contributed by atoms with E-state index in [-0.39, 0.29) is 19.0 Å². The molecule has 0 radical (unpaired) electrons. The number of hydrogen-bond acceptors (Lipinski definition) is 8. The number of rotatable bonds is 10. The van der Waals surface area contributed by atoms with Gasteiger partial charge < -0.3 is 14.6 Å². The molecule has 1 aliphatic rings. The van der Waals surface area contributed by atoms with Gasteiger partial charge in [0.2, 0.25) is 0 Å². The Balaban J connectivity index is 1.72. The van der Waals surface area contributed by atoms with Gasteiger partial charge in [-0.15, -0.1) is 0 Å². The number of nitrogens with one attached hydrogen (secondary N) is 1. The average Bonchev–Trinajstić information content (AvgIpc) is 2.97. The molecule has 0 amide bonds. The zero-order chi connectivity index (χ0) is 19.8. The van der Waals surface area contributed by atoms with E-state index in [1.54, 1.807) is 0 Å². The number of aromatic amines is 1. The van der Waals surface area contributed by atoms with Crippen LogP contribution in [0.2, 0.25) is 0 Å². The van der Waals surface area contributed by atoms with E-state index in [1.807, 2.05) is 0 Å². The lowest BCUT2D eigenvalue weighted by Crippen LogP contribution is -2.32. The Kier molecular flexibility index (Phi) is 8.94. The molecular formula is C17H26N2O6S2. The van der Waals surface area contributed by atoms with Gasteiger partial charge >= 0.3 is 11.7 Å². The van der Waals surface area contributed by atoms with E-state index in [9.17, 15) is 19.5 Å². The molecule has 0 bridgehead atoms. The Labute approximate surface area is 168 Å². The van der Waals surface area contributed by atoms with Crippen LogP contribution in [0.5, 0.6) is 0 Å². The van der Waals surface area contributed by atoms with E-state index in [0.29, 0.717) is 18.1 Å². The van der Waals surface area contributed by atoms with Crippen molar-refractivity contribution in [1.82, 2.24) is 9.55 Å². The third-order valence-corrected chi connectivity index (χ3v) is 5.18. The third-order valence-electron chi connectivity index (χ3n) is 4.40. The number of carbonyl (C=O) groups is 1. The number of nitrogens with zero attached hydrogens (tertiary/aromatic N) is 1. The molecule has 1 aromatic heterocycles. The average molecular weight is 419 g/mol. The summed E-state index contributed by atoms with van der Waals surface area (Å²) in [4.78, 5) is 36.9. The lowest BCUT2D eigenvalue weighted by molar-refractivity contribution is -0.150. The van der Waals surface area contributed by atoms with Crippen molar-refractivity contribution in [3.8, 4) is 0 Å². The first-order valence-electron chi connectivity index (χ1n) is 9.00. The molecule has 8 nitrogen and oxygen atoms in total. The molecule has 0 aliphatic carbocycles. The highest BCUT2D eigenvalue weighted by molar-refractivity contribution is 7.81. The highest BCUT2D eigenvalue weighted by Gasteiger charge is 2.36. The van der Waals surface area contributed by atoms with Crippen LogP contribution in [0.3, 0.4) is 0 Å².